The predicted octanol–water partition coefficient (Wildman–Crippen LogP) is 5.26. The Morgan fingerprint density at radius 2 is 1.61 bits per heavy atom. The van der Waals surface area contributed by atoms with E-state index in [-0.39, 0.29) is 0 Å². The highest BCUT2D eigenvalue weighted by atomic mass is 16.3. The molecular weight excluding hydrogens is 342 g/mol. The number of nitrogens with zero attached hydrogens (tertiary/aromatic N) is 1. The summed E-state index contributed by atoms with van der Waals surface area (Å²) < 4.78 is 8.19. The molecule has 136 valence electrons. The lowest BCUT2D eigenvalue weighted by atomic mass is 9.99. The Kier molecular flexibility index (Phi) is 3.73. The van der Waals surface area contributed by atoms with Crippen molar-refractivity contribution >= 4 is 44.9 Å². The monoisotopic (exact) mass is 363 g/mol. The number of rotatable bonds is 2. The quantitative estimate of drug-likeness (QED) is 0.418. The molecule has 2 heterocycles. The van der Waals surface area contributed by atoms with Crippen LogP contribution in [-0.2, 0) is 7.05 Å². The largest absolute Gasteiger partial charge is 0.457 e. The van der Waals surface area contributed by atoms with Crippen molar-refractivity contribution in [2.24, 2.45) is 7.05 Å². The summed E-state index contributed by atoms with van der Waals surface area (Å²) in [5.41, 5.74) is 6.35. The minimum absolute atomic E-state index is 0.701. The molecule has 0 fully saturated rings. The SMILES string of the molecule is C=c1oc2ccccc2/c1=C(/C=C\C)c1ccc2c(c1)c1ccccc1n2C. The first kappa shape index (κ1) is 16.6. The summed E-state index contributed by atoms with van der Waals surface area (Å²) in [6.45, 7) is 6.22. The Balaban J connectivity index is 1.92. The maximum atomic E-state index is 5.94. The first-order chi connectivity index (χ1) is 13.7. The fraction of sp³-hybridized carbons (Fsp3) is 0.0769. The molecule has 2 nitrogen and oxygen atoms in total. The Hall–Kier alpha value is -3.52. The first-order valence-corrected chi connectivity index (χ1v) is 9.50. The number of furan rings is 1. The topological polar surface area (TPSA) is 18.1 Å². The van der Waals surface area contributed by atoms with E-state index in [1.165, 1.54) is 27.4 Å². The Labute approximate surface area is 163 Å². The number of para-hydroxylation sites is 2. The van der Waals surface area contributed by atoms with E-state index in [1.54, 1.807) is 0 Å². The molecule has 0 aliphatic carbocycles. The van der Waals surface area contributed by atoms with Gasteiger partial charge in [0.2, 0.25) is 0 Å². The Morgan fingerprint density at radius 3 is 2.43 bits per heavy atom. The Morgan fingerprint density at radius 1 is 0.893 bits per heavy atom. The van der Waals surface area contributed by atoms with Crippen molar-refractivity contribution in [1.82, 2.24) is 4.57 Å². The summed E-state index contributed by atoms with van der Waals surface area (Å²) in [5.74, 6) is 0. The number of hydrogen-bond acceptors (Lipinski definition) is 1. The van der Waals surface area contributed by atoms with Gasteiger partial charge in [0.1, 0.15) is 11.0 Å². The van der Waals surface area contributed by atoms with E-state index in [4.69, 9.17) is 4.42 Å². The van der Waals surface area contributed by atoms with Gasteiger partial charge in [-0.25, -0.2) is 0 Å². The van der Waals surface area contributed by atoms with E-state index in [9.17, 15) is 0 Å². The second-order valence-corrected chi connectivity index (χ2v) is 7.12. The van der Waals surface area contributed by atoms with E-state index in [0.29, 0.717) is 5.42 Å². The molecule has 0 radical (unpaired) electrons. The molecule has 0 saturated carbocycles. The second kappa shape index (κ2) is 6.28. The van der Waals surface area contributed by atoms with Crippen LogP contribution in [0.25, 0.3) is 44.9 Å². The molecule has 0 saturated heterocycles. The van der Waals surface area contributed by atoms with Crippen molar-refractivity contribution in [3.63, 3.8) is 0 Å². The van der Waals surface area contributed by atoms with Crippen LogP contribution in [0.4, 0.5) is 0 Å². The fourth-order valence-electron chi connectivity index (χ4n) is 4.22. The molecule has 0 N–H and O–H groups in total. The van der Waals surface area contributed by atoms with Crippen LogP contribution < -0.4 is 10.6 Å². The summed E-state index contributed by atoms with van der Waals surface area (Å²) in [6.07, 6.45) is 4.22. The maximum absolute atomic E-state index is 5.94. The minimum Gasteiger partial charge on any atom is -0.457 e. The van der Waals surface area contributed by atoms with Gasteiger partial charge in [-0.05, 0) is 42.3 Å². The Bertz CT molecular complexity index is 1490. The maximum Gasteiger partial charge on any atom is 0.135 e. The van der Waals surface area contributed by atoms with Crippen LogP contribution in [0.1, 0.15) is 12.5 Å². The molecule has 2 heteroatoms. The zero-order valence-corrected chi connectivity index (χ0v) is 16.1. The van der Waals surface area contributed by atoms with Gasteiger partial charge in [0.15, 0.2) is 0 Å². The summed E-state index contributed by atoms with van der Waals surface area (Å²) in [7, 11) is 2.12. The highest BCUT2D eigenvalue weighted by Crippen LogP contribution is 2.30. The smallest absolute Gasteiger partial charge is 0.135 e. The van der Waals surface area contributed by atoms with Gasteiger partial charge < -0.3 is 8.98 Å². The molecule has 0 atom stereocenters. The van der Waals surface area contributed by atoms with Gasteiger partial charge in [0.05, 0.1) is 0 Å². The van der Waals surface area contributed by atoms with Gasteiger partial charge in [-0.1, -0.05) is 61.2 Å². The van der Waals surface area contributed by atoms with Crippen molar-refractivity contribution in [2.75, 3.05) is 0 Å². The lowest BCUT2D eigenvalue weighted by molar-refractivity contribution is 0.577. The van der Waals surface area contributed by atoms with Gasteiger partial charge in [0, 0.05) is 39.5 Å². The average molecular weight is 363 g/mol. The molecule has 3 aromatic carbocycles. The van der Waals surface area contributed by atoms with E-state index >= 15 is 0 Å². The van der Waals surface area contributed by atoms with Crippen molar-refractivity contribution in [2.45, 2.75) is 6.92 Å². The standard InChI is InChI=1S/C26H21NO/c1-4-9-19(26-17(2)28-25-13-8-6-11-21(25)26)18-14-15-24-22(16-18)20-10-5-7-12-23(20)27(24)3/h4-16H,2H2,1,3H3/b9-4-,26-19-. The first-order valence-electron chi connectivity index (χ1n) is 9.50. The normalized spacial score (nSPS) is 13.2. The zero-order valence-electron chi connectivity index (χ0n) is 16.1. The summed E-state index contributed by atoms with van der Waals surface area (Å²) in [5, 5.41) is 4.69. The lowest BCUT2D eigenvalue weighted by Gasteiger charge is -2.04. The summed E-state index contributed by atoms with van der Waals surface area (Å²) >= 11 is 0. The number of aryl methyl sites for hydroxylation is 1. The third kappa shape index (κ3) is 2.35. The van der Waals surface area contributed by atoms with Crippen molar-refractivity contribution < 1.29 is 4.42 Å². The summed E-state index contributed by atoms with van der Waals surface area (Å²) in [4.78, 5) is 0. The van der Waals surface area contributed by atoms with Crippen molar-refractivity contribution in [3.05, 3.63) is 95.1 Å². The third-order valence-corrected chi connectivity index (χ3v) is 5.50. The van der Waals surface area contributed by atoms with Crippen LogP contribution in [0.3, 0.4) is 0 Å². The van der Waals surface area contributed by atoms with Crippen molar-refractivity contribution in [1.29, 1.82) is 0 Å². The molecule has 2 aromatic heterocycles. The highest BCUT2D eigenvalue weighted by molar-refractivity contribution is 6.09. The molecule has 0 bridgehead atoms. The zero-order chi connectivity index (χ0) is 19.3. The summed E-state index contributed by atoms with van der Waals surface area (Å²) in [6, 6.07) is 23.4. The van der Waals surface area contributed by atoms with Crippen molar-refractivity contribution in [3.8, 4) is 0 Å². The van der Waals surface area contributed by atoms with E-state index < -0.39 is 0 Å². The molecule has 0 aliphatic rings. The average Bonchev–Trinajstić information content (AvgIpc) is 3.20. The third-order valence-electron chi connectivity index (χ3n) is 5.50. The molecule has 0 spiro atoms. The van der Waals surface area contributed by atoms with Crippen LogP contribution in [0.15, 0.2) is 83.3 Å². The number of allylic oxidation sites excluding steroid dienone is 2. The van der Waals surface area contributed by atoms with Gasteiger partial charge in [-0.15, -0.1) is 0 Å². The fourth-order valence-corrected chi connectivity index (χ4v) is 4.22. The van der Waals surface area contributed by atoms with E-state index in [0.717, 1.165) is 21.8 Å². The van der Waals surface area contributed by atoms with Gasteiger partial charge in [-0.2, -0.15) is 0 Å². The van der Waals surface area contributed by atoms with Gasteiger partial charge in [-0.3, -0.25) is 0 Å². The number of fused-ring (bicyclic) bond motifs is 4. The minimum atomic E-state index is 0.701. The number of benzene rings is 3. The van der Waals surface area contributed by atoms with E-state index in [1.807, 2.05) is 25.1 Å². The molecule has 0 unspecified atom stereocenters. The van der Waals surface area contributed by atoms with Gasteiger partial charge in [0.25, 0.3) is 0 Å². The van der Waals surface area contributed by atoms with Crippen LogP contribution in [0.2, 0.25) is 0 Å². The molecular formula is C26H21NO. The second-order valence-electron chi connectivity index (χ2n) is 7.12. The highest BCUT2D eigenvalue weighted by Gasteiger charge is 2.11. The van der Waals surface area contributed by atoms with E-state index in [2.05, 4.69) is 78.9 Å². The predicted molar refractivity (Wildman–Crippen MR) is 119 cm³/mol. The van der Waals surface area contributed by atoms with Crippen LogP contribution in [-0.4, -0.2) is 4.57 Å². The number of hydrogen-bond donors (Lipinski definition) is 0. The van der Waals surface area contributed by atoms with Crippen LogP contribution in [0.5, 0.6) is 0 Å². The lowest BCUT2D eigenvalue weighted by Crippen LogP contribution is -2.21. The molecule has 0 aliphatic heterocycles. The van der Waals surface area contributed by atoms with Crippen LogP contribution >= 0.6 is 0 Å². The molecule has 28 heavy (non-hydrogen) atoms. The van der Waals surface area contributed by atoms with Gasteiger partial charge >= 0.3 is 0 Å². The molecule has 5 rings (SSSR count). The number of aromatic nitrogens is 1. The molecule has 5 aromatic rings. The van der Waals surface area contributed by atoms with Crippen LogP contribution in [0, 0.1) is 0 Å². The molecule has 0 amide bonds.